The van der Waals surface area contributed by atoms with Gasteiger partial charge < -0.3 is 5.32 Å². The zero-order valence-electron chi connectivity index (χ0n) is 13.8. The molecule has 1 heterocycles. The highest BCUT2D eigenvalue weighted by atomic mass is 32.2. The normalized spacial score (nSPS) is 18.7. The van der Waals surface area contributed by atoms with Crippen molar-refractivity contribution in [3.8, 4) is 0 Å². The molecule has 6 nitrogen and oxygen atoms in total. The molecule has 0 saturated carbocycles. The van der Waals surface area contributed by atoms with Gasteiger partial charge in [-0.1, -0.05) is 6.07 Å². The Bertz CT molecular complexity index is 854. The van der Waals surface area contributed by atoms with Gasteiger partial charge in [0, 0.05) is 17.8 Å². The number of nitrogens with one attached hydrogen (secondary N) is 2. The highest BCUT2D eigenvalue weighted by Crippen LogP contribution is 2.25. The summed E-state index contributed by atoms with van der Waals surface area (Å²) in [5.74, 6) is -0.0884. The van der Waals surface area contributed by atoms with Crippen LogP contribution in [0.5, 0.6) is 0 Å². The zero-order chi connectivity index (χ0) is 17.3. The van der Waals surface area contributed by atoms with E-state index in [0.717, 1.165) is 24.1 Å². The average molecular weight is 347 g/mol. The summed E-state index contributed by atoms with van der Waals surface area (Å²) < 4.78 is 29.0. The van der Waals surface area contributed by atoms with Crippen molar-refractivity contribution in [3.63, 3.8) is 0 Å². The molecule has 0 radical (unpaired) electrons. The molecule has 24 heavy (non-hydrogen) atoms. The largest absolute Gasteiger partial charge is 0.342 e. The van der Waals surface area contributed by atoms with Crippen LogP contribution in [0.1, 0.15) is 44.2 Å². The summed E-state index contributed by atoms with van der Waals surface area (Å²) >= 11 is 0. The second-order valence-corrected chi connectivity index (χ2v) is 7.58. The summed E-state index contributed by atoms with van der Waals surface area (Å²) in [6, 6.07) is 6.07. The molecule has 1 aliphatic heterocycles. The van der Waals surface area contributed by atoms with Crippen molar-refractivity contribution < 1.29 is 13.2 Å². The third kappa shape index (κ3) is 3.67. The van der Waals surface area contributed by atoms with E-state index in [2.05, 4.69) is 20.5 Å². The van der Waals surface area contributed by atoms with Crippen molar-refractivity contribution in [2.45, 2.75) is 46.0 Å². The second kappa shape index (κ2) is 6.39. The van der Waals surface area contributed by atoms with Gasteiger partial charge in [-0.2, -0.15) is 8.42 Å². The van der Waals surface area contributed by atoms with E-state index >= 15 is 0 Å². The number of anilines is 1. The Morgan fingerprint density at radius 2 is 2.00 bits per heavy atom. The SMILES string of the molecule is CC1=NS(=O)(=O)NC(C)=C1CCC(=O)Nc1ccc2c(c1)CCC2. The first-order valence-electron chi connectivity index (χ1n) is 8.05. The van der Waals surface area contributed by atoms with E-state index in [1.807, 2.05) is 12.1 Å². The van der Waals surface area contributed by atoms with E-state index in [1.54, 1.807) is 13.8 Å². The number of rotatable bonds is 4. The fraction of sp³-hybridized carbons (Fsp3) is 0.412. The predicted molar refractivity (Wildman–Crippen MR) is 94.2 cm³/mol. The second-order valence-electron chi connectivity index (χ2n) is 6.24. The molecule has 1 aliphatic carbocycles. The molecular weight excluding hydrogens is 326 g/mol. The molecule has 1 amide bonds. The molecule has 0 unspecified atom stereocenters. The Balaban J connectivity index is 1.61. The Hall–Kier alpha value is -2.15. The van der Waals surface area contributed by atoms with E-state index < -0.39 is 10.2 Å². The van der Waals surface area contributed by atoms with Crippen LogP contribution in [-0.2, 0) is 27.8 Å². The Labute approximate surface area is 142 Å². The molecule has 0 spiro atoms. The number of amides is 1. The lowest BCUT2D eigenvalue weighted by atomic mass is 10.0. The maximum Gasteiger partial charge on any atom is 0.342 e. The minimum absolute atomic E-state index is 0.0884. The summed E-state index contributed by atoms with van der Waals surface area (Å²) in [6.07, 6.45) is 4.08. The fourth-order valence-electron chi connectivity index (χ4n) is 3.26. The standard InChI is InChI=1S/C17H21N3O3S/c1-11-16(12(2)20-24(22,23)19-11)8-9-17(21)18-15-7-6-13-4-3-5-14(13)10-15/h6-7,10,19H,3-5,8-9H2,1-2H3,(H,18,21). The highest BCUT2D eigenvalue weighted by molar-refractivity contribution is 7.88. The van der Waals surface area contributed by atoms with Crippen LogP contribution in [0.3, 0.4) is 0 Å². The molecule has 1 aromatic rings. The van der Waals surface area contributed by atoms with Crippen molar-refractivity contribution >= 4 is 27.5 Å². The smallest absolute Gasteiger partial charge is 0.326 e. The van der Waals surface area contributed by atoms with Crippen LogP contribution < -0.4 is 10.0 Å². The Morgan fingerprint density at radius 1 is 1.25 bits per heavy atom. The number of aryl methyl sites for hydroxylation is 2. The van der Waals surface area contributed by atoms with Gasteiger partial charge in [-0.25, -0.2) is 0 Å². The van der Waals surface area contributed by atoms with Crippen LogP contribution in [0, 0.1) is 0 Å². The lowest BCUT2D eigenvalue weighted by molar-refractivity contribution is -0.116. The molecule has 2 N–H and O–H groups in total. The van der Waals surface area contributed by atoms with Crippen molar-refractivity contribution in [1.29, 1.82) is 0 Å². The van der Waals surface area contributed by atoms with Gasteiger partial charge in [-0.15, -0.1) is 4.40 Å². The Kier molecular flexibility index (Phi) is 4.45. The van der Waals surface area contributed by atoms with Gasteiger partial charge >= 0.3 is 10.2 Å². The van der Waals surface area contributed by atoms with Crippen LogP contribution in [0.25, 0.3) is 0 Å². The van der Waals surface area contributed by atoms with E-state index in [0.29, 0.717) is 17.8 Å². The van der Waals surface area contributed by atoms with Gasteiger partial charge in [0.2, 0.25) is 5.91 Å². The monoisotopic (exact) mass is 347 g/mol. The van der Waals surface area contributed by atoms with Gasteiger partial charge in [0.1, 0.15) is 0 Å². The minimum atomic E-state index is -3.63. The van der Waals surface area contributed by atoms with Gasteiger partial charge in [0.05, 0.1) is 5.71 Å². The molecule has 0 fully saturated rings. The number of carbonyl (C=O) groups is 1. The topological polar surface area (TPSA) is 87.6 Å². The maximum atomic E-state index is 12.2. The summed E-state index contributed by atoms with van der Waals surface area (Å²) in [5.41, 5.74) is 5.26. The summed E-state index contributed by atoms with van der Waals surface area (Å²) in [4.78, 5) is 12.2. The van der Waals surface area contributed by atoms with Crippen molar-refractivity contribution in [2.75, 3.05) is 5.32 Å². The lowest BCUT2D eigenvalue weighted by Crippen LogP contribution is -2.28. The van der Waals surface area contributed by atoms with E-state index in [1.165, 1.54) is 17.5 Å². The highest BCUT2D eigenvalue weighted by Gasteiger charge is 2.20. The van der Waals surface area contributed by atoms with E-state index in [-0.39, 0.29) is 12.3 Å². The number of fused-ring (bicyclic) bond motifs is 1. The minimum Gasteiger partial charge on any atom is -0.326 e. The summed E-state index contributed by atoms with van der Waals surface area (Å²) in [7, 11) is -3.63. The molecule has 0 aromatic heterocycles. The molecule has 0 saturated heterocycles. The van der Waals surface area contributed by atoms with Crippen LogP contribution in [0.4, 0.5) is 5.69 Å². The first kappa shape index (κ1) is 16.7. The molecule has 0 atom stereocenters. The van der Waals surface area contributed by atoms with Crippen molar-refractivity contribution in [3.05, 3.63) is 40.6 Å². The van der Waals surface area contributed by atoms with Gasteiger partial charge in [-0.05, 0) is 68.4 Å². The van der Waals surface area contributed by atoms with Crippen LogP contribution >= 0.6 is 0 Å². The maximum absolute atomic E-state index is 12.2. The number of carbonyl (C=O) groups excluding carboxylic acids is 1. The molecular formula is C17H21N3O3S. The number of benzene rings is 1. The first-order chi connectivity index (χ1) is 11.3. The molecule has 0 bridgehead atoms. The third-order valence-corrected chi connectivity index (χ3v) is 5.49. The van der Waals surface area contributed by atoms with E-state index in [4.69, 9.17) is 0 Å². The molecule has 1 aromatic carbocycles. The average Bonchev–Trinajstić information content (AvgIpc) is 2.92. The summed E-state index contributed by atoms with van der Waals surface area (Å²) in [5, 5.41) is 2.92. The zero-order valence-corrected chi connectivity index (χ0v) is 14.7. The predicted octanol–water partition coefficient (Wildman–Crippen LogP) is 2.48. The number of hydrogen-bond acceptors (Lipinski definition) is 3. The van der Waals surface area contributed by atoms with E-state index in [9.17, 15) is 13.2 Å². The quantitative estimate of drug-likeness (QED) is 0.877. The van der Waals surface area contributed by atoms with Crippen molar-refractivity contribution in [1.82, 2.24) is 4.72 Å². The molecule has 2 aliphatic rings. The van der Waals surface area contributed by atoms with Gasteiger partial charge in [-0.3, -0.25) is 9.52 Å². The summed E-state index contributed by atoms with van der Waals surface area (Å²) in [6.45, 7) is 3.33. The van der Waals surface area contributed by atoms with Crippen molar-refractivity contribution in [2.24, 2.45) is 4.40 Å². The third-order valence-electron chi connectivity index (χ3n) is 4.41. The van der Waals surface area contributed by atoms with Crippen LogP contribution in [0.15, 0.2) is 33.9 Å². The number of nitrogens with zero attached hydrogens (tertiary/aromatic N) is 1. The molecule has 7 heteroatoms. The first-order valence-corrected chi connectivity index (χ1v) is 9.49. The van der Waals surface area contributed by atoms with Crippen LogP contribution in [-0.4, -0.2) is 20.0 Å². The van der Waals surface area contributed by atoms with Gasteiger partial charge in [0.25, 0.3) is 0 Å². The fourth-order valence-corrected chi connectivity index (χ4v) is 4.29. The number of hydrogen-bond donors (Lipinski definition) is 2. The van der Waals surface area contributed by atoms with Crippen LogP contribution in [0.2, 0.25) is 0 Å². The van der Waals surface area contributed by atoms with Gasteiger partial charge in [0.15, 0.2) is 0 Å². The lowest BCUT2D eigenvalue weighted by Gasteiger charge is -2.17. The number of allylic oxidation sites excluding steroid dienone is 2. The molecule has 3 rings (SSSR count). The Morgan fingerprint density at radius 3 is 2.75 bits per heavy atom. The molecule has 128 valence electrons.